The van der Waals surface area contributed by atoms with Crippen molar-refractivity contribution in [3.05, 3.63) is 71.8 Å². The third kappa shape index (κ3) is 4.34. The molecule has 1 fully saturated rings. The number of carbonyl (C=O) groups is 1. The Labute approximate surface area is 168 Å². The number of anilines is 2. The second-order valence-corrected chi connectivity index (χ2v) is 7.32. The summed E-state index contributed by atoms with van der Waals surface area (Å²) >= 11 is 0. The Bertz CT molecular complexity index is 1030. The van der Waals surface area contributed by atoms with Gasteiger partial charge in [-0.2, -0.15) is 0 Å². The lowest BCUT2D eigenvalue weighted by Crippen LogP contribution is -2.52. The van der Waals surface area contributed by atoms with Crippen LogP contribution in [0.15, 0.2) is 54.6 Å². The van der Waals surface area contributed by atoms with Gasteiger partial charge in [0.2, 0.25) is 0 Å². The Kier molecular flexibility index (Phi) is 5.12. The molecule has 4 rings (SSSR count). The quantitative estimate of drug-likeness (QED) is 0.707. The number of likely N-dealkylation sites (tertiary alicyclic amines) is 1. The van der Waals surface area contributed by atoms with E-state index in [4.69, 9.17) is 5.73 Å². The Hall–Kier alpha value is -3.48. The van der Waals surface area contributed by atoms with Crippen molar-refractivity contribution in [3.8, 4) is 11.3 Å². The average Bonchev–Trinajstić information content (AvgIpc) is 2.67. The maximum atomic E-state index is 13.1. The number of pyridine rings is 2. The van der Waals surface area contributed by atoms with Crippen LogP contribution in [-0.2, 0) is 6.42 Å². The molecular formula is C22H22FN5O. The van der Waals surface area contributed by atoms with E-state index in [1.807, 2.05) is 25.1 Å². The monoisotopic (exact) mass is 391 g/mol. The van der Waals surface area contributed by atoms with Crippen molar-refractivity contribution in [2.75, 3.05) is 24.1 Å². The largest absolute Gasteiger partial charge is 0.396 e. The van der Waals surface area contributed by atoms with Crippen LogP contribution in [0.25, 0.3) is 11.3 Å². The van der Waals surface area contributed by atoms with Crippen molar-refractivity contribution < 1.29 is 9.18 Å². The molecule has 1 saturated heterocycles. The summed E-state index contributed by atoms with van der Waals surface area (Å²) in [5.41, 5.74) is 9.77. The van der Waals surface area contributed by atoms with Crippen molar-refractivity contribution in [2.45, 2.75) is 13.3 Å². The molecule has 0 unspecified atom stereocenters. The number of aryl methyl sites for hydroxylation is 1. The molecule has 0 radical (unpaired) electrons. The fraction of sp³-hybridized carbons (Fsp3) is 0.227. The molecule has 148 valence electrons. The van der Waals surface area contributed by atoms with E-state index in [1.165, 1.54) is 12.1 Å². The molecule has 3 aromatic rings. The third-order valence-electron chi connectivity index (χ3n) is 4.98. The zero-order valence-corrected chi connectivity index (χ0v) is 16.1. The summed E-state index contributed by atoms with van der Waals surface area (Å²) in [6, 6.07) is 15.2. The van der Waals surface area contributed by atoms with Gasteiger partial charge >= 0.3 is 6.03 Å². The topological polar surface area (TPSA) is 84.1 Å². The number of nitrogen functional groups attached to an aromatic ring is 1. The Morgan fingerprint density at radius 3 is 2.62 bits per heavy atom. The molecule has 1 aromatic carbocycles. The molecule has 1 aliphatic heterocycles. The lowest BCUT2D eigenvalue weighted by atomic mass is 9.95. The van der Waals surface area contributed by atoms with Gasteiger partial charge in [-0.05, 0) is 67.8 Å². The third-order valence-corrected chi connectivity index (χ3v) is 4.98. The predicted molar refractivity (Wildman–Crippen MR) is 111 cm³/mol. The number of nitrogens with two attached hydrogens (primary N) is 1. The van der Waals surface area contributed by atoms with Crippen LogP contribution < -0.4 is 11.1 Å². The van der Waals surface area contributed by atoms with Crippen LogP contribution in [0.3, 0.4) is 0 Å². The summed E-state index contributed by atoms with van der Waals surface area (Å²) in [5, 5.41) is 2.79. The molecule has 1 aliphatic rings. The highest BCUT2D eigenvalue weighted by atomic mass is 19.1. The smallest absolute Gasteiger partial charge is 0.323 e. The Balaban J connectivity index is 1.37. The van der Waals surface area contributed by atoms with E-state index >= 15 is 0 Å². The number of benzene rings is 1. The van der Waals surface area contributed by atoms with Crippen molar-refractivity contribution in [1.29, 1.82) is 0 Å². The molecule has 2 aromatic heterocycles. The molecule has 3 heterocycles. The molecule has 2 amide bonds. The molecule has 6 nitrogen and oxygen atoms in total. The van der Waals surface area contributed by atoms with Crippen LogP contribution in [0, 0.1) is 18.7 Å². The number of halogens is 1. The molecule has 0 bridgehead atoms. The van der Waals surface area contributed by atoms with Gasteiger partial charge in [-0.25, -0.2) is 14.2 Å². The highest BCUT2D eigenvalue weighted by Gasteiger charge is 2.31. The summed E-state index contributed by atoms with van der Waals surface area (Å²) in [7, 11) is 0. The van der Waals surface area contributed by atoms with Gasteiger partial charge in [0.05, 0.1) is 11.4 Å². The lowest BCUT2D eigenvalue weighted by molar-refractivity contribution is 0.130. The minimum absolute atomic E-state index is 0.228. The normalized spacial score (nSPS) is 13.8. The fourth-order valence-corrected chi connectivity index (χ4v) is 3.41. The Morgan fingerprint density at radius 1 is 1.14 bits per heavy atom. The first kappa shape index (κ1) is 18.9. The average molecular weight is 391 g/mol. The number of rotatable bonds is 4. The molecule has 7 heteroatoms. The predicted octanol–water partition coefficient (Wildman–Crippen LogP) is 3.88. The van der Waals surface area contributed by atoms with Gasteiger partial charge in [-0.15, -0.1) is 0 Å². The maximum Gasteiger partial charge on any atom is 0.323 e. The molecule has 0 atom stereocenters. The number of nitrogens with zero attached hydrogens (tertiary/aromatic N) is 3. The van der Waals surface area contributed by atoms with Crippen LogP contribution in [0.4, 0.5) is 20.7 Å². The van der Waals surface area contributed by atoms with Gasteiger partial charge < -0.3 is 10.6 Å². The van der Waals surface area contributed by atoms with Gasteiger partial charge in [-0.3, -0.25) is 10.3 Å². The summed E-state index contributed by atoms with van der Waals surface area (Å²) < 4.78 is 13.1. The highest BCUT2D eigenvalue weighted by molar-refractivity contribution is 5.92. The molecule has 0 saturated carbocycles. The SMILES string of the molecule is Cc1cccc(CC2CN(C(=O)Nc3nc(-c4ccc(F)cc4)ccc3N)C2)n1. The first-order chi connectivity index (χ1) is 14.0. The van der Waals surface area contributed by atoms with E-state index in [-0.39, 0.29) is 11.8 Å². The van der Waals surface area contributed by atoms with Gasteiger partial charge in [0, 0.05) is 30.0 Å². The first-order valence-corrected chi connectivity index (χ1v) is 9.49. The Morgan fingerprint density at radius 2 is 1.90 bits per heavy atom. The van der Waals surface area contributed by atoms with Crippen molar-refractivity contribution in [3.63, 3.8) is 0 Å². The molecule has 3 N–H and O–H groups in total. The number of carbonyl (C=O) groups excluding carboxylic acids is 1. The number of hydrogen-bond acceptors (Lipinski definition) is 4. The molecular weight excluding hydrogens is 369 g/mol. The number of hydrogen-bond donors (Lipinski definition) is 2. The van der Waals surface area contributed by atoms with Crippen molar-refractivity contribution >= 4 is 17.5 Å². The van der Waals surface area contributed by atoms with Gasteiger partial charge in [0.15, 0.2) is 5.82 Å². The maximum absolute atomic E-state index is 13.1. The van der Waals surface area contributed by atoms with E-state index in [9.17, 15) is 9.18 Å². The fourth-order valence-electron chi connectivity index (χ4n) is 3.41. The van der Waals surface area contributed by atoms with Crippen LogP contribution in [0.1, 0.15) is 11.4 Å². The number of amides is 2. The molecule has 0 aliphatic carbocycles. The van der Waals surface area contributed by atoms with Crippen LogP contribution >= 0.6 is 0 Å². The number of nitrogens with one attached hydrogen (secondary N) is 1. The van der Waals surface area contributed by atoms with E-state index in [0.717, 1.165) is 23.4 Å². The minimum atomic E-state index is -0.314. The minimum Gasteiger partial charge on any atom is -0.396 e. The van der Waals surface area contributed by atoms with Crippen LogP contribution in [0.2, 0.25) is 0 Å². The van der Waals surface area contributed by atoms with Crippen molar-refractivity contribution in [1.82, 2.24) is 14.9 Å². The molecule has 29 heavy (non-hydrogen) atoms. The van der Waals surface area contributed by atoms with Gasteiger partial charge in [0.1, 0.15) is 5.82 Å². The summed E-state index contributed by atoms with van der Waals surface area (Å²) in [5.74, 6) is 0.387. The second-order valence-electron chi connectivity index (χ2n) is 7.32. The van der Waals surface area contributed by atoms with E-state index in [1.54, 1.807) is 29.2 Å². The van der Waals surface area contributed by atoms with Crippen molar-refractivity contribution in [2.24, 2.45) is 5.92 Å². The lowest BCUT2D eigenvalue weighted by Gasteiger charge is -2.39. The van der Waals surface area contributed by atoms with Gasteiger partial charge in [0.25, 0.3) is 0 Å². The zero-order valence-electron chi connectivity index (χ0n) is 16.1. The first-order valence-electron chi connectivity index (χ1n) is 9.49. The van der Waals surface area contributed by atoms with E-state index in [2.05, 4.69) is 15.3 Å². The summed E-state index contributed by atoms with van der Waals surface area (Å²) in [6.07, 6.45) is 0.853. The van der Waals surface area contributed by atoms with Crippen LogP contribution in [0.5, 0.6) is 0 Å². The van der Waals surface area contributed by atoms with E-state index in [0.29, 0.717) is 36.2 Å². The number of aromatic nitrogens is 2. The summed E-state index contributed by atoms with van der Waals surface area (Å²) in [4.78, 5) is 23.2. The van der Waals surface area contributed by atoms with Crippen LogP contribution in [-0.4, -0.2) is 34.0 Å². The van der Waals surface area contributed by atoms with Gasteiger partial charge in [-0.1, -0.05) is 6.07 Å². The standard InChI is InChI=1S/C22H22FN5O/c1-14-3-2-4-18(25-14)11-15-12-28(13-15)22(29)27-21-19(24)9-10-20(26-21)16-5-7-17(23)8-6-16/h2-10,15H,11-13,24H2,1H3,(H,26,27,29). The zero-order chi connectivity index (χ0) is 20.4. The number of urea groups is 1. The summed E-state index contributed by atoms with van der Waals surface area (Å²) in [6.45, 7) is 3.31. The van der Waals surface area contributed by atoms with E-state index < -0.39 is 0 Å². The highest BCUT2D eigenvalue weighted by Crippen LogP contribution is 2.25. The molecule has 0 spiro atoms. The second kappa shape index (κ2) is 7.87.